The molecule has 4 nitrogen and oxygen atoms in total. The number of carbonyl (C=O) groups excluding carboxylic acids is 2. The smallest absolute Gasteiger partial charge is 0.224 e. The molecule has 0 spiro atoms. The van der Waals surface area contributed by atoms with Crippen LogP contribution in [-0.2, 0) is 24.2 Å². The molecular weight excluding hydrogens is 355 g/mol. The number of amides is 1. The van der Waals surface area contributed by atoms with Gasteiger partial charge in [0.05, 0.1) is 6.42 Å². The maximum absolute atomic E-state index is 13.2. The normalized spacial score (nSPS) is 17.3. The second kappa shape index (κ2) is 7.53. The SMILES string of the molecule is Cc1c(CC(=O)NC(C)C2CC2)c2c(n1Cc1ccc(F)cc1)CCCC2=O. The Hall–Kier alpha value is -2.43. The number of halogens is 1. The molecule has 0 aliphatic heterocycles. The summed E-state index contributed by atoms with van der Waals surface area (Å²) in [6.45, 7) is 4.63. The number of hydrogen-bond acceptors (Lipinski definition) is 2. The van der Waals surface area contributed by atoms with Gasteiger partial charge in [0.2, 0.25) is 5.91 Å². The van der Waals surface area contributed by atoms with Crippen LogP contribution < -0.4 is 5.32 Å². The highest BCUT2D eigenvalue weighted by Crippen LogP contribution is 2.33. The van der Waals surface area contributed by atoms with E-state index in [1.807, 2.05) is 6.92 Å². The van der Waals surface area contributed by atoms with E-state index < -0.39 is 0 Å². The summed E-state index contributed by atoms with van der Waals surface area (Å²) in [6.07, 6.45) is 4.82. The van der Waals surface area contributed by atoms with Gasteiger partial charge in [-0.05, 0) is 68.7 Å². The Morgan fingerprint density at radius 1 is 1.25 bits per heavy atom. The predicted octanol–water partition coefficient (Wildman–Crippen LogP) is 3.96. The lowest BCUT2D eigenvalue weighted by molar-refractivity contribution is -0.121. The number of carbonyl (C=O) groups is 2. The Kier molecular flexibility index (Phi) is 5.09. The molecule has 1 atom stereocenters. The summed E-state index contributed by atoms with van der Waals surface area (Å²) in [5, 5.41) is 3.10. The van der Waals surface area contributed by atoms with Gasteiger partial charge in [0.1, 0.15) is 5.82 Å². The first kappa shape index (κ1) is 18.9. The van der Waals surface area contributed by atoms with Gasteiger partial charge in [0, 0.05) is 36.0 Å². The van der Waals surface area contributed by atoms with Crippen LogP contribution in [0.1, 0.15) is 65.5 Å². The topological polar surface area (TPSA) is 51.1 Å². The van der Waals surface area contributed by atoms with E-state index in [2.05, 4.69) is 16.8 Å². The number of rotatable bonds is 6. The Morgan fingerprint density at radius 2 is 1.96 bits per heavy atom. The van der Waals surface area contributed by atoms with Crippen LogP contribution >= 0.6 is 0 Å². The molecule has 1 heterocycles. The van der Waals surface area contributed by atoms with Gasteiger partial charge >= 0.3 is 0 Å². The van der Waals surface area contributed by atoms with E-state index in [9.17, 15) is 14.0 Å². The molecule has 1 fully saturated rings. The molecular formula is C23H27FN2O2. The van der Waals surface area contributed by atoms with Crippen molar-refractivity contribution in [2.75, 3.05) is 0 Å². The molecule has 2 aromatic rings. The summed E-state index contributed by atoms with van der Waals surface area (Å²) >= 11 is 0. The van der Waals surface area contributed by atoms with E-state index in [1.165, 1.54) is 25.0 Å². The van der Waals surface area contributed by atoms with E-state index in [0.717, 1.165) is 40.9 Å². The maximum Gasteiger partial charge on any atom is 0.224 e. The van der Waals surface area contributed by atoms with Gasteiger partial charge in [-0.3, -0.25) is 9.59 Å². The Bertz CT molecular complexity index is 910. The van der Waals surface area contributed by atoms with Crippen molar-refractivity contribution >= 4 is 11.7 Å². The molecule has 4 rings (SSSR count). The van der Waals surface area contributed by atoms with Crippen molar-refractivity contribution in [2.45, 2.75) is 65.0 Å². The molecule has 148 valence electrons. The quantitative estimate of drug-likeness (QED) is 0.822. The summed E-state index contributed by atoms with van der Waals surface area (Å²) in [5.41, 5.74) is 4.59. The first-order chi connectivity index (χ1) is 13.4. The van der Waals surface area contributed by atoms with E-state index in [0.29, 0.717) is 18.9 Å². The summed E-state index contributed by atoms with van der Waals surface area (Å²) in [6, 6.07) is 6.66. The molecule has 1 aromatic heterocycles. The molecule has 28 heavy (non-hydrogen) atoms. The second-order valence-corrected chi connectivity index (χ2v) is 8.25. The van der Waals surface area contributed by atoms with Crippen LogP contribution in [-0.4, -0.2) is 22.3 Å². The van der Waals surface area contributed by atoms with Crippen molar-refractivity contribution in [3.63, 3.8) is 0 Å². The van der Waals surface area contributed by atoms with Gasteiger partial charge in [-0.2, -0.15) is 0 Å². The Labute approximate surface area is 165 Å². The summed E-state index contributed by atoms with van der Waals surface area (Å²) in [7, 11) is 0. The van der Waals surface area contributed by atoms with E-state index >= 15 is 0 Å². The second-order valence-electron chi connectivity index (χ2n) is 8.25. The van der Waals surface area contributed by atoms with Crippen LogP contribution in [0.25, 0.3) is 0 Å². The highest BCUT2D eigenvalue weighted by atomic mass is 19.1. The number of aromatic nitrogens is 1. The van der Waals surface area contributed by atoms with Gasteiger partial charge in [-0.25, -0.2) is 4.39 Å². The lowest BCUT2D eigenvalue weighted by Crippen LogP contribution is -2.35. The lowest BCUT2D eigenvalue weighted by atomic mass is 9.92. The zero-order valence-electron chi connectivity index (χ0n) is 16.6. The van der Waals surface area contributed by atoms with Gasteiger partial charge in [-0.1, -0.05) is 12.1 Å². The first-order valence-corrected chi connectivity index (χ1v) is 10.2. The number of Topliss-reactive ketones (excluding diaryl/α,β-unsaturated/α-hetero) is 1. The Balaban J connectivity index is 1.63. The maximum atomic E-state index is 13.2. The molecule has 2 aliphatic rings. The highest BCUT2D eigenvalue weighted by Gasteiger charge is 2.31. The van der Waals surface area contributed by atoms with Crippen LogP contribution in [0.4, 0.5) is 4.39 Å². The van der Waals surface area contributed by atoms with Crippen LogP contribution in [0.15, 0.2) is 24.3 Å². The average molecular weight is 382 g/mol. The molecule has 1 N–H and O–H groups in total. The van der Waals surface area contributed by atoms with Crippen molar-refractivity contribution in [3.05, 3.63) is 58.2 Å². The summed E-state index contributed by atoms with van der Waals surface area (Å²) in [4.78, 5) is 25.3. The molecule has 2 aliphatic carbocycles. The minimum Gasteiger partial charge on any atom is -0.353 e. The summed E-state index contributed by atoms with van der Waals surface area (Å²) < 4.78 is 15.4. The third-order valence-corrected chi connectivity index (χ3v) is 6.16. The molecule has 1 aromatic carbocycles. The van der Waals surface area contributed by atoms with Gasteiger partial charge < -0.3 is 9.88 Å². The Morgan fingerprint density at radius 3 is 2.64 bits per heavy atom. The van der Waals surface area contributed by atoms with Crippen molar-refractivity contribution in [2.24, 2.45) is 5.92 Å². The van der Waals surface area contributed by atoms with Gasteiger partial charge in [0.25, 0.3) is 0 Å². The summed E-state index contributed by atoms with van der Waals surface area (Å²) in [5.74, 6) is 0.471. The number of nitrogens with zero attached hydrogens (tertiary/aromatic N) is 1. The van der Waals surface area contributed by atoms with Crippen molar-refractivity contribution in [1.82, 2.24) is 9.88 Å². The number of benzene rings is 1. The minimum atomic E-state index is -0.257. The zero-order valence-corrected chi connectivity index (χ0v) is 16.6. The molecule has 0 bridgehead atoms. The molecule has 1 saturated carbocycles. The fraction of sp³-hybridized carbons (Fsp3) is 0.478. The van der Waals surface area contributed by atoms with Gasteiger partial charge in [0.15, 0.2) is 5.78 Å². The molecule has 1 unspecified atom stereocenters. The largest absolute Gasteiger partial charge is 0.353 e. The number of fused-ring (bicyclic) bond motifs is 1. The van der Waals surface area contributed by atoms with Crippen molar-refractivity contribution in [1.29, 1.82) is 0 Å². The molecule has 0 radical (unpaired) electrons. The lowest BCUT2D eigenvalue weighted by Gasteiger charge is -2.16. The third kappa shape index (κ3) is 3.75. The first-order valence-electron chi connectivity index (χ1n) is 10.2. The number of nitrogens with one attached hydrogen (secondary N) is 1. The van der Waals surface area contributed by atoms with Crippen LogP contribution in [0.5, 0.6) is 0 Å². The fourth-order valence-electron chi connectivity index (χ4n) is 4.37. The molecule has 0 saturated heterocycles. The van der Waals surface area contributed by atoms with Crippen molar-refractivity contribution < 1.29 is 14.0 Å². The van der Waals surface area contributed by atoms with Crippen LogP contribution in [0.2, 0.25) is 0 Å². The van der Waals surface area contributed by atoms with E-state index in [-0.39, 0.29) is 30.0 Å². The van der Waals surface area contributed by atoms with Crippen LogP contribution in [0, 0.1) is 18.7 Å². The average Bonchev–Trinajstić information content (AvgIpc) is 3.47. The standard InChI is InChI=1S/C23H27FN2O2/c1-14(17-8-9-17)25-22(28)12-19-15(2)26(13-16-6-10-18(24)11-7-16)20-4-3-5-21(27)23(19)20/h6-7,10-11,14,17H,3-5,8-9,12-13H2,1-2H3,(H,25,28). The molecule has 1 amide bonds. The van der Waals surface area contributed by atoms with E-state index in [4.69, 9.17) is 0 Å². The van der Waals surface area contributed by atoms with Gasteiger partial charge in [-0.15, -0.1) is 0 Å². The third-order valence-electron chi connectivity index (χ3n) is 6.16. The zero-order chi connectivity index (χ0) is 19.8. The minimum absolute atomic E-state index is 0.0115. The number of ketones is 1. The predicted molar refractivity (Wildman–Crippen MR) is 106 cm³/mol. The van der Waals surface area contributed by atoms with Crippen LogP contribution in [0.3, 0.4) is 0 Å². The fourth-order valence-corrected chi connectivity index (χ4v) is 4.37. The van der Waals surface area contributed by atoms with E-state index in [1.54, 1.807) is 12.1 Å². The monoisotopic (exact) mass is 382 g/mol. The van der Waals surface area contributed by atoms with Crippen molar-refractivity contribution in [3.8, 4) is 0 Å². The highest BCUT2D eigenvalue weighted by molar-refractivity contribution is 6.01. The molecule has 5 heteroatoms. The number of hydrogen-bond donors (Lipinski definition) is 1.